The van der Waals surface area contributed by atoms with Crippen LogP contribution in [0.15, 0.2) is 16.9 Å². The fourth-order valence-corrected chi connectivity index (χ4v) is 2.94. The first kappa shape index (κ1) is 17.0. The molecule has 1 aliphatic carbocycles. The molecule has 0 bridgehead atoms. The second kappa shape index (κ2) is 7.77. The number of carbonyl (C=O) groups excluding carboxylic acids is 1. The van der Waals surface area contributed by atoms with Crippen molar-refractivity contribution in [3.8, 4) is 6.07 Å². The number of aromatic amines is 1. The Labute approximate surface area is 136 Å². The number of allylic oxidation sites excluding steroid dienone is 2. The molecule has 0 aliphatic heterocycles. The minimum absolute atomic E-state index is 0.118. The van der Waals surface area contributed by atoms with E-state index in [2.05, 4.69) is 17.1 Å². The van der Waals surface area contributed by atoms with E-state index in [1.165, 1.54) is 0 Å². The molecule has 0 aromatic carbocycles. The lowest BCUT2D eigenvalue weighted by molar-refractivity contribution is -0.145. The third kappa shape index (κ3) is 4.32. The van der Waals surface area contributed by atoms with Crippen LogP contribution in [0.2, 0.25) is 0 Å². The Bertz CT molecular complexity index is 710. The zero-order chi connectivity index (χ0) is 16.8. The van der Waals surface area contributed by atoms with Crippen molar-refractivity contribution in [2.75, 3.05) is 6.61 Å². The molecule has 0 saturated heterocycles. The molecule has 23 heavy (non-hydrogen) atoms. The van der Waals surface area contributed by atoms with Gasteiger partial charge in [-0.05, 0) is 56.6 Å². The maximum absolute atomic E-state index is 11.9. The number of carbonyl (C=O) groups is 1. The number of aryl methyl sites for hydroxylation is 1. The predicted molar refractivity (Wildman–Crippen MR) is 87.0 cm³/mol. The van der Waals surface area contributed by atoms with E-state index in [0.717, 1.165) is 24.8 Å². The number of rotatable bonds is 5. The summed E-state index contributed by atoms with van der Waals surface area (Å²) < 4.78 is 5.35. The van der Waals surface area contributed by atoms with Crippen molar-refractivity contribution in [2.24, 2.45) is 5.92 Å². The van der Waals surface area contributed by atoms with Gasteiger partial charge in [-0.25, -0.2) is 0 Å². The van der Waals surface area contributed by atoms with Gasteiger partial charge in [0.05, 0.1) is 6.61 Å². The van der Waals surface area contributed by atoms with E-state index in [0.29, 0.717) is 30.2 Å². The number of nitrogens with one attached hydrogen (secondary N) is 1. The number of hydrogen-bond acceptors (Lipinski definition) is 4. The highest BCUT2D eigenvalue weighted by molar-refractivity contribution is 5.70. The second-order valence-electron chi connectivity index (χ2n) is 6.00. The summed E-state index contributed by atoms with van der Waals surface area (Å²) in [4.78, 5) is 26.3. The van der Waals surface area contributed by atoms with E-state index in [1.54, 1.807) is 13.8 Å². The van der Waals surface area contributed by atoms with Crippen molar-refractivity contribution in [1.29, 1.82) is 5.26 Å². The van der Waals surface area contributed by atoms with Crippen LogP contribution in [0.3, 0.4) is 0 Å². The predicted octanol–water partition coefficient (Wildman–Crippen LogP) is 2.70. The Morgan fingerprint density at radius 2 is 2.22 bits per heavy atom. The quantitative estimate of drug-likeness (QED) is 0.669. The van der Waals surface area contributed by atoms with Crippen molar-refractivity contribution in [1.82, 2.24) is 4.98 Å². The Morgan fingerprint density at radius 1 is 1.43 bits per heavy atom. The monoisotopic (exact) mass is 314 g/mol. The zero-order valence-corrected chi connectivity index (χ0v) is 13.6. The number of nitriles is 1. The average molecular weight is 314 g/mol. The number of ether oxygens (including phenoxy) is 1. The van der Waals surface area contributed by atoms with Gasteiger partial charge in [-0.3, -0.25) is 9.59 Å². The van der Waals surface area contributed by atoms with Crippen LogP contribution in [0, 0.1) is 31.1 Å². The van der Waals surface area contributed by atoms with E-state index < -0.39 is 0 Å². The van der Waals surface area contributed by atoms with Gasteiger partial charge >= 0.3 is 5.97 Å². The van der Waals surface area contributed by atoms with Crippen molar-refractivity contribution in [2.45, 2.75) is 46.0 Å². The minimum Gasteiger partial charge on any atom is -0.465 e. The lowest BCUT2D eigenvalue weighted by Gasteiger charge is -2.17. The first-order valence-corrected chi connectivity index (χ1v) is 7.96. The van der Waals surface area contributed by atoms with Crippen molar-refractivity contribution < 1.29 is 9.53 Å². The van der Waals surface area contributed by atoms with Crippen LogP contribution in [-0.4, -0.2) is 17.6 Å². The summed E-state index contributed by atoms with van der Waals surface area (Å²) in [5.41, 5.74) is 1.95. The van der Waals surface area contributed by atoms with Crippen LogP contribution in [0.25, 0.3) is 0 Å². The Balaban J connectivity index is 1.93. The van der Waals surface area contributed by atoms with Crippen molar-refractivity contribution in [3.63, 3.8) is 0 Å². The van der Waals surface area contributed by atoms with Gasteiger partial charge in [-0.1, -0.05) is 12.2 Å². The minimum atomic E-state index is -0.376. The molecule has 1 unspecified atom stereocenters. The lowest BCUT2D eigenvalue weighted by atomic mass is 9.95. The molecular formula is C18H22N2O3. The molecule has 1 N–H and O–H groups in total. The Morgan fingerprint density at radius 3 is 2.87 bits per heavy atom. The van der Waals surface area contributed by atoms with Gasteiger partial charge in [0, 0.05) is 12.1 Å². The fraction of sp³-hybridized carbons (Fsp3) is 0.500. The van der Waals surface area contributed by atoms with Gasteiger partial charge in [0.25, 0.3) is 5.56 Å². The molecule has 0 fully saturated rings. The molecule has 1 aromatic rings. The first-order valence-electron chi connectivity index (χ1n) is 7.96. The standard InChI is InChI=1S/C18H22N2O3/c1-12-15(13(2)20-18(22)16(12)10-19)8-9-17(21)23-11-14-6-4-3-5-7-14/h3-4,14H,5-9,11H2,1-2H3,(H,20,22). The van der Waals surface area contributed by atoms with Gasteiger partial charge in [0.1, 0.15) is 11.6 Å². The van der Waals surface area contributed by atoms with Crippen LogP contribution < -0.4 is 5.56 Å². The summed E-state index contributed by atoms with van der Waals surface area (Å²) in [5.74, 6) is 0.189. The van der Waals surface area contributed by atoms with E-state index in [-0.39, 0.29) is 23.5 Å². The van der Waals surface area contributed by atoms with Crippen LogP contribution >= 0.6 is 0 Å². The van der Waals surface area contributed by atoms with Crippen molar-refractivity contribution in [3.05, 3.63) is 44.9 Å². The molecule has 0 saturated carbocycles. The van der Waals surface area contributed by atoms with Crippen LogP contribution in [-0.2, 0) is 16.0 Å². The summed E-state index contributed by atoms with van der Waals surface area (Å²) in [6.07, 6.45) is 8.10. The van der Waals surface area contributed by atoms with Gasteiger partial charge in [-0.15, -0.1) is 0 Å². The molecule has 1 atom stereocenters. The molecule has 5 nitrogen and oxygen atoms in total. The van der Waals surface area contributed by atoms with Crippen molar-refractivity contribution >= 4 is 5.97 Å². The number of esters is 1. The number of aromatic nitrogens is 1. The van der Waals surface area contributed by atoms with Gasteiger partial charge in [0.2, 0.25) is 0 Å². The van der Waals surface area contributed by atoms with Crippen LogP contribution in [0.1, 0.15) is 48.1 Å². The summed E-state index contributed by atoms with van der Waals surface area (Å²) in [5, 5.41) is 9.05. The molecule has 2 rings (SSSR count). The Kier molecular flexibility index (Phi) is 5.75. The molecule has 122 valence electrons. The Hall–Kier alpha value is -2.35. The molecule has 5 heteroatoms. The highest BCUT2D eigenvalue weighted by Gasteiger charge is 2.15. The maximum atomic E-state index is 11.9. The fourth-order valence-electron chi connectivity index (χ4n) is 2.94. The molecule has 0 radical (unpaired) electrons. The molecule has 1 aliphatic rings. The zero-order valence-electron chi connectivity index (χ0n) is 13.6. The molecule has 0 amide bonds. The van der Waals surface area contributed by atoms with Crippen LogP contribution in [0.5, 0.6) is 0 Å². The molecular weight excluding hydrogens is 292 g/mol. The summed E-state index contributed by atoms with van der Waals surface area (Å²) in [7, 11) is 0. The van der Waals surface area contributed by atoms with E-state index >= 15 is 0 Å². The van der Waals surface area contributed by atoms with Gasteiger partial charge in [0.15, 0.2) is 0 Å². The summed E-state index contributed by atoms with van der Waals surface area (Å²) >= 11 is 0. The first-order chi connectivity index (χ1) is 11.0. The van der Waals surface area contributed by atoms with E-state index in [4.69, 9.17) is 10.00 Å². The van der Waals surface area contributed by atoms with Gasteiger partial charge < -0.3 is 9.72 Å². The molecule has 1 heterocycles. The maximum Gasteiger partial charge on any atom is 0.306 e. The lowest BCUT2D eigenvalue weighted by Crippen LogP contribution is -2.18. The second-order valence-corrected chi connectivity index (χ2v) is 6.00. The average Bonchev–Trinajstić information content (AvgIpc) is 2.53. The topological polar surface area (TPSA) is 83.0 Å². The van der Waals surface area contributed by atoms with E-state index in [1.807, 2.05) is 6.07 Å². The summed E-state index contributed by atoms with van der Waals surface area (Å²) in [6.45, 7) is 4.00. The third-order valence-electron chi connectivity index (χ3n) is 4.36. The number of hydrogen-bond donors (Lipinski definition) is 1. The highest BCUT2D eigenvalue weighted by Crippen LogP contribution is 2.19. The SMILES string of the molecule is Cc1[nH]c(=O)c(C#N)c(C)c1CCC(=O)OCC1CC=CCC1. The molecule has 0 spiro atoms. The number of H-pyrrole nitrogens is 1. The number of nitrogens with zero attached hydrogens (tertiary/aromatic N) is 1. The smallest absolute Gasteiger partial charge is 0.306 e. The normalized spacial score (nSPS) is 16.8. The third-order valence-corrected chi connectivity index (χ3v) is 4.36. The largest absolute Gasteiger partial charge is 0.465 e. The number of pyridine rings is 1. The van der Waals surface area contributed by atoms with E-state index in [9.17, 15) is 9.59 Å². The van der Waals surface area contributed by atoms with Gasteiger partial charge in [-0.2, -0.15) is 5.26 Å². The highest BCUT2D eigenvalue weighted by atomic mass is 16.5. The summed E-state index contributed by atoms with van der Waals surface area (Å²) in [6, 6.07) is 1.92. The molecule has 1 aromatic heterocycles. The van der Waals surface area contributed by atoms with Crippen LogP contribution in [0.4, 0.5) is 0 Å².